The molecule has 0 aliphatic carbocycles. The van der Waals surface area contributed by atoms with Crippen LogP contribution in [0.15, 0.2) is 31.0 Å². The zero-order valence-corrected chi connectivity index (χ0v) is 7.17. The van der Waals surface area contributed by atoms with Gasteiger partial charge in [0.15, 0.2) is 6.21 Å². The van der Waals surface area contributed by atoms with E-state index >= 15 is 0 Å². The third-order valence-electron chi connectivity index (χ3n) is 2.22. The molecule has 1 aliphatic rings. The Kier molecular flexibility index (Phi) is 1.58. The highest BCUT2D eigenvalue weighted by molar-refractivity contribution is 5.80. The Morgan fingerprint density at radius 1 is 1.58 bits per heavy atom. The van der Waals surface area contributed by atoms with Crippen molar-refractivity contribution in [3.8, 4) is 0 Å². The maximum absolute atomic E-state index is 3.72. The summed E-state index contributed by atoms with van der Waals surface area (Å²) in [7, 11) is 0. The van der Waals surface area contributed by atoms with Gasteiger partial charge in [0.25, 0.3) is 0 Å². The number of hydrogen-bond donors (Lipinski definition) is 0. The molecule has 1 aliphatic heterocycles. The van der Waals surface area contributed by atoms with Crippen LogP contribution in [0.3, 0.4) is 0 Å². The van der Waals surface area contributed by atoms with E-state index in [1.807, 2.05) is 4.58 Å². The summed E-state index contributed by atoms with van der Waals surface area (Å²) in [6.07, 6.45) is 5.05. The van der Waals surface area contributed by atoms with Gasteiger partial charge < -0.3 is 0 Å². The van der Waals surface area contributed by atoms with E-state index < -0.39 is 0 Å². The lowest BCUT2D eigenvalue weighted by atomic mass is 10.1. The Morgan fingerprint density at radius 3 is 3.08 bits per heavy atom. The van der Waals surface area contributed by atoms with Gasteiger partial charge in [-0.05, 0) is 12.5 Å². The van der Waals surface area contributed by atoms with Crippen LogP contribution in [0.4, 0.5) is 0 Å². The van der Waals surface area contributed by atoms with Crippen molar-refractivity contribution in [1.29, 1.82) is 0 Å². The zero-order valence-electron chi connectivity index (χ0n) is 7.17. The third-order valence-corrected chi connectivity index (χ3v) is 2.22. The molecule has 0 atom stereocenters. The summed E-state index contributed by atoms with van der Waals surface area (Å²) in [5.74, 6) is 0. The molecule has 0 amide bonds. The van der Waals surface area contributed by atoms with Gasteiger partial charge in [-0.15, -0.1) is 12.1 Å². The van der Waals surface area contributed by atoms with Gasteiger partial charge in [-0.2, -0.15) is 0 Å². The first-order valence-corrected chi connectivity index (χ1v) is 4.05. The van der Waals surface area contributed by atoms with E-state index in [0.29, 0.717) is 0 Å². The minimum absolute atomic E-state index is 0.922. The number of hydrogen-bond acceptors (Lipinski definition) is 0. The Hall–Kier alpha value is -1.37. The third kappa shape index (κ3) is 0.981. The summed E-state index contributed by atoms with van der Waals surface area (Å²) in [5.41, 5.74) is 3.91. The van der Waals surface area contributed by atoms with Gasteiger partial charge in [-0.25, -0.2) is 0 Å². The molecule has 1 aromatic rings. The number of benzene rings is 1. The van der Waals surface area contributed by atoms with Crippen LogP contribution < -0.4 is 0 Å². The fourth-order valence-corrected chi connectivity index (χ4v) is 1.49. The molecule has 0 saturated heterocycles. The predicted octanol–water partition coefficient (Wildman–Crippen LogP) is 1.96. The molecule has 2 rings (SSSR count). The Morgan fingerprint density at radius 2 is 2.42 bits per heavy atom. The van der Waals surface area contributed by atoms with E-state index in [0.717, 1.165) is 6.54 Å². The summed E-state index contributed by atoms with van der Waals surface area (Å²) >= 11 is 0. The van der Waals surface area contributed by atoms with Gasteiger partial charge in [0, 0.05) is 0 Å². The molecular weight excluding hydrogens is 146 g/mol. The molecule has 0 spiro atoms. The molecule has 60 valence electrons. The molecular formula is C11H11N. The van der Waals surface area contributed by atoms with E-state index in [1.54, 1.807) is 6.20 Å². The molecule has 12 heavy (non-hydrogen) atoms. The minimum Gasteiger partial charge on any atom is -0.285 e. The highest BCUT2D eigenvalue weighted by Crippen LogP contribution is 2.17. The fraction of sp³-hybridized carbons (Fsp3) is 0.182. The molecule has 0 N–H and O–H groups in total. The van der Waals surface area contributed by atoms with E-state index in [2.05, 4.69) is 37.9 Å². The van der Waals surface area contributed by atoms with Gasteiger partial charge in [0.2, 0.25) is 0 Å². The van der Waals surface area contributed by atoms with Gasteiger partial charge >= 0.3 is 0 Å². The molecule has 0 saturated carbocycles. The molecule has 1 heteroatoms. The molecule has 0 radical (unpaired) electrons. The quantitative estimate of drug-likeness (QED) is 0.433. The normalized spacial score (nSPS) is 13.9. The molecule has 1 aromatic carbocycles. The maximum Gasteiger partial charge on any atom is 0.153 e. The van der Waals surface area contributed by atoms with Crippen LogP contribution in [0.2, 0.25) is 0 Å². The average Bonchev–Trinajstić information content (AvgIpc) is 2.49. The van der Waals surface area contributed by atoms with Crippen LogP contribution in [0, 0.1) is 6.92 Å². The SMILES string of the molecule is C=C[N+]1=[C-]c2cccc(C)c2C1. The first kappa shape index (κ1) is 7.29. The van der Waals surface area contributed by atoms with Crippen molar-refractivity contribution in [3.05, 3.63) is 47.7 Å². The smallest absolute Gasteiger partial charge is 0.153 e. The second-order valence-electron chi connectivity index (χ2n) is 3.02. The zero-order chi connectivity index (χ0) is 8.55. The molecule has 0 bridgehead atoms. The van der Waals surface area contributed by atoms with E-state index in [9.17, 15) is 0 Å². The van der Waals surface area contributed by atoms with Crippen LogP contribution in [0.5, 0.6) is 0 Å². The van der Waals surface area contributed by atoms with Gasteiger partial charge in [-0.1, -0.05) is 23.8 Å². The number of nitrogens with zero attached hydrogens (tertiary/aromatic N) is 1. The van der Waals surface area contributed by atoms with Crippen LogP contribution in [0.1, 0.15) is 16.7 Å². The molecule has 0 aromatic heterocycles. The summed E-state index contributed by atoms with van der Waals surface area (Å²) in [6.45, 7) is 6.77. The lowest BCUT2D eigenvalue weighted by Crippen LogP contribution is -1.96. The lowest BCUT2D eigenvalue weighted by molar-refractivity contribution is -0.463. The second kappa shape index (κ2) is 2.59. The van der Waals surface area contributed by atoms with E-state index in [-0.39, 0.29) is 0 Å². The van der Waals surface area contributed by atoms with Gasteiger partial charge in [0.05, 0.1) is 6.20 Å². The van der Waals surface area contributed by atoms with Crippen molar-refractivity contribution < 1.29 is 4.58 Å². The standard InChI is InChI=1S/C11H11N/c1-3-12-7-10-6-4-5-9(2)11(10)8-12/h3-6H,1,8H2,2H3. The summed E-state index contributed by atoms with van der Waals surface area (Å²) in [6, 6.07) is 6.28. The second-order valence-corrected chi connectivity index (χ2v) is 3.02. The highest BCUT2D eigenvalue weighted by Gasteiger charge is 2.10. The van der Waals surface area contributed by atoms with E-state index in [1.165, 1.54) is 16.7 Å². The van der Waals surface area contributed by atoms with Crippen LogP contribution >= 0.6 is 0 Å². The van der Waals surface area contributed by atoms with Crippen molar-refractivity contribution in [2.75, 3.05) is 0 Å². The Balaban J connectivity index is 2.52. The summed E-state index contributed by atoms with van der Waals surface area (Å²) < 4.78 is 1.98. The van der Waals surface area contributed by atoms with Crippen molar-refractivity contribution in [1.82, 2.24) is 0 Å². The fourth-order valence-electron chi connectivity index (χ4n) is 1.49. The number of rotatable bonds is 1. The number of fused-ring (bicyclic) bond motifs is 1. The average molecular weight is 157 g/mol. The maximum atomic E-state index is 3.72. The van der Waals surface area contributed by atoms with Crippen molar-refractivity contribution in [2.45, 2.75) is 13.5 Å². The summed E-state index contributed by atoms with van der Waals surface area (Å²) in [4.78, 5) is 0. The van der Waals surface area contributed by atoms with Gasteiger partial charge in [0.1, 0.15) is 6.54 Å². The molecule has 0 unspecified atom stereocenters. The number of aryl methyl sites for hydroxylation is 1. The lowest BCUT2D eigenvalue weighted by Gasteiger charge is -2.03. The molecule has 1 nitrogen and oxygen atoms in total. The van der Waals surface area contributed by atoms with Crippen molar-refractivity contribution in [3.63, 3.8) is 0 Å². The monoisotopic (exact) mass is 157 g/mol. The molecule has 1 heterocycles. The Bertz CT molecular complexity index is 361. The van der Waals surface area contributed by atoms with E-state index in [4.69, 9.17) is 0 Å². The molecule has 0 fully saturated rings. The first-order valence-electron chi connectivity index (χ1n) is 4.05. The topological polar surface area (TPSA) is 3.01 Å². The van der Waals surface area contributed by atoms with Crippen molar-refractivity contribution in [2.24, 2.45) is 0 Å². The van der Waals surface area contributed by atoms with Crippen LogP contribution in [0.25, 0.3) is 0 Å². The first-order chi connectivity index (χ1) is 5.81. The largest absolute Gasteiger partial charge is 0.285 e. The Labute approximate surface area is 72.7 Å². The van der Waals surface area contributed by atoms with Crippen LogP contribution in [-0.2, 0) is 6.54 Å². The summed E-state index contributed by atoms with van der Waals surface area (Å²) in [5, 5.41) is 0. The van der Waals surface area contributed by atoms with Crippen LogP contribution in [-0.4, -0.2) is 10.8 Å². The minimum atomic E-state index is 0.922. The van der Waals surface area contributed by atoms with Gasteiger partial charge in [-0.3, -0.25) is 4.58 Å². The predicted molar refractivity (Wildman–Crippen MR) is 49.4 cm³/mol. The highest BCUT2D eigenvalue weighted by atomic mass is 15.0. The van der Waals surface area contributed by atoms with Crippen molar-refractivity contribution >= 4 is 6.21 Å².